The van der Waals surface area contributed by atoms with Crippen LogP contribution in [-0.2, 0) is 0 Å². The van der Waals surface area contributed by atoms with Gasteiger partial charge in [-0.2, -0.15) is 0 Å². The maximum Gasteiger partial charge on any atom is 0.0674 e. The van der Waals surface area contributed by atoms with Crippen LogP contribution in [0.2, 0.25) is 10.0 Å². The lowest BCUT2D eigenvalue weighted by Gasteiger charge is -2.18. The number of hydrogen-bond acceptors (Lipinski definition) is 2. The van der Waals surface area contributed by atoms with E-state index in [2.05, 4.69) is 30.6 Å². The number of halogens is 2. The largest absolute Gasteiger partial charge is 0.306 e. The molecule has 1 nitrogen and oxygen atoms in total. The van der Waals surface area contributed by atoms with E-state index in [1.54, 1.807) is 11.3 Å². The highest BCUT2D eigenvalue weighted by atomic mass is 35.5. The molecule has 18 heavy (non-hydrogen) atoms. The molecule has 96 valence electrons. The number of nitrogens with one attached hydrogen (secondary N) is 1. The van der Waals surface area contributed by atoms with E-state index in [0.717, 1.165) is 12.1 Å². The zero-order valence-corrected chi connectivity index (χ0v) is 12.7. The second-order valence-corrected chi connectivity index (χ2v) is 5.89. The molecule has 2 aromatic rings. The minimum Gasteiger partial charge on any atom is -0.306 e. The smallest absolute Gasteiger partial charge is 0.0674 e. The highest BCUT2D eigenvalue weighted by molar-refractivity contribution is 7.10. The summed E-state index contributed by atoms with van der Waals surface area (Å²) in [7, 11) is 0. The van der Waals surface area contributed by atoms with E-state index in [9.17, 15) is 0 Å². The van der Waals surface area contributed by atoms with Gasteiger partial charge in [-0.3, -0.25) is 0 Å². The molecule has 0 saturated carbocycles. The first-order valence-corrected chi connectivity index (χ1v) is 7.49. The molecule has 0 aliphatic heterocycles. The molecule has 1 N–H and O–H groups in total. The van der Waals surface area contributed by atoms with Crippen LogP contribution in [0.5, 0.6) is 0 Å². The molecule has 1 heterocycles. The van der Waals surface area contributed by atoms with Gasteiger partial charge >= 0.3 is 0 Å². The Kier molecular flexibility index (Phi) is 4.68. The quantitative estimate of drug-likeness (QED) is 0.832. The zero-order valence-electron chi connectivity index (χ0n) is 10.3. The Morgan fingerprint density at radius 2 is 2.00 bits per heavy atom. The third kappa shape index (κ3) is 2.89. The summed E-state index contributed by atoms with van der Waals surface area (Å²) in [5, 5.41) is 6.81. The van der Waals surface area contributed by atoms with Crippen LogP contribution >= 0.6 is 34.5 Å². The Labute approximate surface area is 122 Å². The van der Waals surface area contributed by atoms with Gasteiger partial charge in [-0.25, -0.2) is 0 Å². The normalized spacial score (nSPS) is 12.7. The van der Waals surface area contributed by atoms with Gasteiger partial charge < -0.3 is 5.32 Å². The molecule has 2 rings (SSSR count). The topological polar surface area (TPSA) is 12.0 Å². The Bertz CT molecular complexity index is 536. The van der Waals surface area contributed by atoms with Crippen LogP contribution in [0.25, 0.3) is 0 Å². The summed E-state index contributed by atoms with van der Waals surface area (Å²) in [6.45, 7) is 5.14. The standard InChI is InChI=1S/C14H15Cl2NS/c1-3-17-13(14-9(2)6-7-18-14)10-4-5-11(15)12(16)8-10/h4-8,13,17H,3H2,1-2H3. The predicted octanol–water partition coefficient (Wildman–Crippen LogP) is 5.06. The van der Waals surface area contributed by atoms with E-state index in [1.165, 1.54) is 10.4 Å². The van der Waals surface area contributed by atoms with Gasteiger partial charge in [0, 0.05) is 4.88 Å². The molecule has 0 spiro atoms. The SMILES string of the molecule is CCNC(c1ccc(Cl)c(Cl)c1)c1sccc1C. The molecule has 0 radical (unpaired) electrons. The summed E-state index contributed by atoms with van der Waals surface area (Å²) in [4.78, 5) is 1.33. The Hall–Kier alpha value is -0.540. The van der Waals surface area contributed by atoms with Crippen molar-refractivity contribution in [1.82, 2.24) is 5.32 Å². The van der Waals surface area contributed by atoms with E-state index in [4.69, 9.17) is 23.2 Å². The maximum absolute atomic E-state index is 6.10. The minimum absolute atomic E-state index is 0.185. The first-order valence-electron chi connectivity index (χ1n) is 5.85. The number of thiophene rings is 1. The number of hydrogen-bond donors (Lipinski definition) is 1. The molecule has 0 bridgehead atoms. The zero-order chi connectivity index (χ0) is 13.1. The fourth-order valence-corrected chi connectivity index (χ4v) is 3.27. The van der Waals surface area contributed by atoms with Gasteiger partial charge in [-0.15, -0.1) is 11.3 Å². The minimum atomic E-state index is 0.185. The van der Waals surface area contributed by atoms with E-state index >= 15 is 0 Å². The van der Waals surface area contributed by atoms with Crippen molar-refractivity contribution < 1.29 is 0 Å². The molecule has 0 amide bonds. The van der Waals surface area contributed by atoms with Gasteiger partial charge in [0.25, 0.3) is 0 Å². The molecule has 1 unspecified atom stereocenters. The lowest BCUT2D eigenvalue weighted by atomic mass is 10.0. The Balaban J connectivity index is 2.41. The average Bonchev–Trinajstić information content (AvgIpc) is 2.76. The van der Waals surface area contributed by atoms with Gasteiger partial charge in [-0.05, 0) is 48.2 Å². The number of benzene rings is 1. The molecule has 1 aromatic carbocycles. The fourth-order valence-electron chi connectivity index (χ4n) is 1.94. The summed E-state index contributed by atoms with van der Waals surface area (Å²) in [5.41, 5.74) is 2.45. The van der Waals surface area contributed by atoms with Gasteiger partial charge in [-0.1, -0.05) is 36.2 Å². The van der Waals surface area contributed by atoms with Crippen molar-refractivity contribution in [2.24, 2.45) is 0 Å². The number of rotatable bonds is 4. The Morgan fingerprint density at radius 1 is 1.22 bits per heavy atom. The lowest BCUT2D eigenvalue weighted by molar-refractivity contribution is 0.637. The summed E-state index contributed by atoms with van der Waals surface area (Å²) < 4.78 is 0. The third-order valence-corrected chi connectivity index (χ3v) is 4.67. The number of aryl methyl sites for hydroxylation is 1. The fraction of sp³-hybridized carbons (Fsp3) is 0.286. The van der Waals surface area contributed by atoms with E-state index < -0.39 is 0 Å². The first-order chi connectivity index (χ1) is 8.63. The third-order valence-electron chi connectivity index (χ3n) is 2.85. The molecular weight excluding hydrogens is 285 g/mol. The monoisotopic (exact) mass is 299 g/mol. The van der Waals surface area contributed by atoms with Crippen LogP contribution in [0.1, 0.15) is 29.0 Å². The van der Waals surface area contributed by atoms with Gasteiger partial charge in [0.1, 0.15) is 0 Å². The highest BCUT2D eigenvalue weighted by Crippen LogP contribution is 2.32. The molecule has 0 aliphatic rings. The summed E-state index contributed by atoms with van der Waals surface area (Å²) in [6.07, 6.45) is 0. The van der Waals surface area contributed by atoms with Crippen LogP contribution in [0.3, 0.4) is 0 Å². The molecule has 0 saturated heterocycles. The van der Waals surface area contributed by atoms with Gasteiger partial charge in [0.2, 0.25) is 0 Å². The second kappa shape index (κ2) is 6.07. The second-order valence-electron chi connectivity index (χ2n) is 4.13. The summed E-state index contributed by atoms with van der Waals surface area (Å²) in [6, 6.07) is 8.15. The van der Waals surface area contributed by atoms with Crippen molar-refractivity contribution in [1.29, 1.82) is 0 Å². The molecule has 1 aromatic heterocycles. The lowest BCUT2D eigenvalue weighted by Crippen LogP contribution is -2.21. The Morgan fingerprint density at radius 3 is 2.56 bits per heavy atom. The van der Waals surface area contributed by atoms with Gasteiger partial charge in [0.15, 0.2) is 0 Å². The molecule has 4 heteroatoms. The highest BCUT2D eigenvalue weighted by Gasteiger charge is 2.17. The molecule has 1 atom stereocenters. The predicted molar refractivity (Wildman–Crippen MR) is 81.0 cm³/mol. The van der Waals surface area contributed by atoms with Crippen molar-refractivity contribution >= 4 is 34.5 Å². The van der Waals surface area contributed by atoms with Crippen molar-refractivity contribution in [3.63, 3.8) is 0 Å². The van der Waals surface area contributed by atoms with E-state index in [0.29, 0.717) is 10.0 Å². The first kappa shape index (κ1) is 13.9. The van der Waals surface area contributed by atoms with Crippen LogP contribution in [0.4, 0.5) is 0 Å². The summed E-state index contributed by atoms with van der Waals surface area (Å²) >= 11 is 13.8. The summed E-state index contributed by atoms with van der Waals surface area (Å²) in [5.74, 6) is 0. The average molecular weight is 300 g/mol. The molecule has 0 aliphatic carbocycles. The van der Waals surface area contributed by atoms with Crippen molar-refractivity contribution in [2.45, 2.75) is 19.9 Å². The van der Waals surface area contributed by atoms with Crippen LogP contribution in [-0.4, -0.2) is 6.54 Å². The van der Waals surface area contributed by atoms with E-state index in [1.807, 2.05) is 18.2 Å². The van der Waals surface area contributed by atoms with Crippen molar-refractivity contribution in [3.8, 4) is 0 Å². The van der Waals surface area contributed by atoms with Crippen molar-refractivity contribution in [2.75, 3.05) is 6.54 Å². The molecular formula is C14H15Cl2NS. The van der Waals surface area contributed by atoms with Crippen LogP contribution < -0.4 is 5.32 Å². The van der Waals surface area contributed by atoms with Crippen LogP contribution in [0.15, 0.2) is 29.6 Å². The van der Waals surface area contributed by atoms with E-state index in [-0.39, 0.29) is 6.04 Å². The maximum atomic E-state index is 6.10. The van der Waals surface area contributed by atoms with Crippen LogP contribution in [0, 0.1) is 6.92 Å². The molecule has 0 fully saturated rings. The van der Waals surface area contributed by atoms with Crippen molar-refractivity contribution in [3.05, 3.63) is 55.7 Å². The van der Waals surface area contributed by atoms with Gasteiger partial charge in [0.05, 0.1) is 16.1 Å².